The van der Waals surface area contributed by atoms with Gasteiger partial charge in [-0.2, -0.15) is 0 Å². The number of benzene rings is 3. The van der Waals surface area contributed by atoms with E-state index in [0.29, 0.717) is 25.1 Å². The summed E-state index contributed by atoms with van der Waals surface area (Å²) in [5.41, 5.74) is 2.52. The molecule has 1 N–H and O–H groups in total. The largest absolute Gasteiger partial charge is 0.457 e. The summed E-state index contributed by atoms with van der Waals surface area (Å²) < 4.78 is 5.85. The summed E-state index contributed by atoms with van der Waals surface area (Å²) in [5, 5.41) is 2.96. The fraction of sp³-hybridized carbons (Fsp3) is 0.200. The molecule has 5 heteroatoms. The zero-order valence-electron chi connectivity index (χ0n) is 16.7. The maximum absolute atomic E-state index is 12.6. The molecular formula is C25H24N2O3. The molecule has 4 rings (SSSR count). The lowest BCUT2D eigenvalue weighted by atomic mass is 10.1. The van der Waals surface area contributed by atoms with Gasteiger partial charge in [-0.3, -0.25) is 9.59 Å². The lowest BCUT2D eigenvalue weighted by molar-refractivity contribution is -0.128. The molecule has 1 fully saturated rings. The lowest BCUT2D eigenvalue weighted by Gasteiger charge is -2.16. The highest BCUT2D eigenvalue weighted by Gasteiger charge is 2.20. The highest BCUT2D eigenvalue weighted by Crippen LogP contribution is 2.22. The van der Waals surface area contributed by atoms with E-state index in [0.717, 1.165) is 35.6 Å². The first kappa shape index (κ1) is 19.7. The molecular weight excluding hydrogens is 376 g/mol. The van der Waals surface area contributed by atoms with Gasteiger partial charge in [0.25, 0.3) is 5.91 Å². The van der Waals surface area contributed by atoms with Crippen LogP contribution in [-0.2, 0) is 17.9 Å². The second-order valence-electron chi connectivity index (χ2n) is 7.36. The van der Waals surface area contributed by atoms with Crippen LogP contribution in [0.3, 0.4) is 0 Å². The zero-order valence-corrected chi connectivity index (χ0v) is 16.7. The van der Waals surface area contributed by atoms with Gasteiger partial charge in [0.2, 0.25) is 5.91 Å². The molecule has 1 heterocycles. The van der Waals surface area contributed by atoms with Crippen molar-refractivity contribution >= 4 is 11.8 Å². The molecule has 0 aliphatic carbocycles. The van der Waals surface area contributed by atoms with E-state index < -0.39 is 0 Å². The number of nitrogens with zero attached hydrogens (tertiary/aromatic N) is 1. The third-order valence-corrected chi connectivity index (χ3v) is 5.06. The summed E-state index contributed by atoms with van der Waals surface area (Å²) in [7, 11) is 0. The summed E-state index contributed by atoms with van der Waals surface area (Å²) in [5.74, 6) is 1.54. The molecule has 0 aromatic heterocycles. The number of likely N-dealkylation sites (tertiary alicyclic amines) is 1. The number of ether oxygens (including phenoxy) is 1. The number of hydrogen-bond donors (Lipinski definition) is 1. The van der Waals surface area contributed by atoms with Gasteiger partial charge in [0.05, 0.1) is 0 Å². The van der Waals surface area contributed by atoms with Crippen LogP contribution in [0.2, 0.25) is 0 Å². The quantitative estimate of drug-likeness (QED) is 0.634. The Hall–Kier alpha value is -3.60. The van der Waals surface area contributed by atoms with Crippen molar-refractivity contribution < 1.29 is 14.3 Å². The van der Waals surface area contributed by atoms with E-state index in [1.807, 2.05) is 77.7 Å². The number of amides is 2. The molecule has 0 bridgehead atoms. The second-order valence-corrected chi connectivity index (χ2v) is 7.36. The van der Waals surface area contributed by atoms with Gasteiger partial charge in [-0.25, -0.2) is 0 Å². The molecule has 0 radical (unpaired) electrons. The topological polar surface area (TPSA) is 58.6 Å². The Morgan fingerprint density at radius 2 is 1.67 bits per heavy atom. The monoisotopic (exact) mass is 400 g/mol. The minimum atomic E-state index is -0.140. The van der Waals surface area contributed by atoms with Crippen LogP contribution >= 0.6 is 0 Å². The molecule has 0 saturated carbocycles. The van der Waals surface area contributed by atoms with Gasteiger partial charge in [-0.1, -0.05) is 42.5 Å². The first-order chi connectivity index (χ1) is 14.7. The molecule has 30 heavy (non-hydrogen) atoms. The second kappa shape index (κ2) is 9.27. The van der Waals surface area contributed by atoms with E-state index in [9.17, 15) is 9.59 Å². The van der Waals surface area contributed by atoms with Gasteiger partial charge < -0.3 is 15.0 Å². The number of carbonyl (C=O) groups excluding carboxylic acids is 2. The summed E-state index contributed by atoms with van der Waals surface area (Å²) >= 11 is 0. The Labute approximate surface area is 176 Å². The highest BCUT2D eigenvalue weighted by molar-refractivity contribution is 5.94. The molecule has 3 aromatic rings. The van der Waals surface area contributed by atoms with Crippen LogP contribution in [0.1, 0.15) is 34.3 Å². The summed E-state index contributed by atoms with van der Waals surface area (Å²) in [4.78, 5) is 26.3. The lowest BCUT2D eigenvalue weighted by Crippen LogP contribution is -2.25. The average Bonchev–Trinajstić information content (AvgIpc) is 3.17. The summed E-state index contributed by atoms with van der Waals surface area (Å²) in [6.07, 6.45) is 1.53. The fourth-order valence-corrected chi connectivity index (χ4v) is 3.53. The van der Waals surface area contributed by atoms with Crippen molar-refractivity contribution in [3.63, 3.8) is 0 Å². The molecule has 1 aliphatic heterocycles. The number of nitrogens with one attached hydrogen (secondary N) is 1. The maximum Gasteiger partial charge on any atom is 0.251 e. The van der Waals surface area contributed by atoms with Crippen LogP contribution in [0.15, 0.2) is 78.9 Å². The minimum Gasteiger partial charge on any atom is -0.457 e. The Balaban J connectivity index is 1.36. The predicted molar refractivity (Wildman–Crippen MR) is 115 cm³/mol. The molecule has 2 amide bonds. The van der Waals surface area contributed by atoms with Crippen LogP contribution in [0.4, 0.5) is 0 Å². The molecule has 152 valence electrons. The molecule has 1 saturated heterocycles. The molecule has 3 aromatic carbocycles. The van der Waals surface area contributed by atoms with Crippen LogP contribution in [0, 0.1) is 0 Å². The van der Waals surface area contributed by atoms with Crippen LogP contribution in [0.25, 0.3) is 0 Å². The summed E-state index contributed by atoms with van der Waals surface area (Å²) in [6, 6.07) is 24.7. The number of carbonyl (C=O) groups is 2. The first-order valence-electron chi connectivity index (χ1n) is 10.1. The van der Waals surface area contributed by atoms with Crippen molar-refractivity contribution in [3.8, 4) is 11.5 Å². The Morgan fingerprint density at radius 3 is 2.47 bits per heavy atom. The third-order valence-electron chi connectivity index (χ3n) is 5.06. The molecule has 0 unspecified atom stereocenters. The number of para-hydroxylation sites is 1. The van der Waals surface area contributed by atoms with Crippen molar-refractivity contribution in [2.75, 3.05) is 6.54 Å². The highest BCUT2D eigenvalue weighted by atomic mass is 16.5. The van der Waals surface area contributed by atoms with Crippen molar-refractivity contribution in [1.82, 2.24) is 10.2 Å². The zero-order chi connectivity index (χ0) is 20.8. The van der Waals surface area contributed by atoms with Gasteiger partial charge in [0, 0.05) is 31.6 Å². The molecule has 0 spiro atoms. The van der Waals surface area contributed by atoms with Gasteiger partial charge in [0.1, 0.15) is 11.5 Å². The average molecular weight is 400 g/mol. The van der Waals surface area contributed by atoms with E-state index in [-0.39, 0.29) is 11.8 Å². The Kier molecular flexibility index (Phi) is 6.09. The van der Waals surface area contributed by atoms with Gasteiger partial charge in [-0.15, -0.1) is 0 Å². The van der Waals surface area contributed by atoms with E-state index in [1.165, 1.54) is 0 Å². The van der Waals surface area contributed by atoms with Crippen molar-refractivity contribution in [1.29, 1.82) is 0 Å². The van der Waals surface area contributed by atoms with Gasteiger partial charge in [-0.05, 0) is 53.9 Å². The van der Waals surface area contributed by atoms with E-state index in [2.05, 4.69) is 5.32 Å². The smallest absolute Gasteiger partial charge is 0.251 e. The van der Waals surface area contributed by atoms with E-state index in [1.54, 1.807) is 6.07 Å². The van der Waals surface area contributed by atoms with Crippen molar-refractivity contribution in [3.05, 3.63) is 95.6 Å². The minimum absolute atomic E-state index is 0.140. The van der Waals surface area contributed by atoms with Crippen LogP contribution < -0.4 is 10.1 Å². The van der Waals surface area contributed by atoms with Crippen LogP contribution in [0.5, 0.6) is 11.5 Å². The Morgan fingerprint density at radius 1 is 0.900 bits per heavy atom. The van der Waals surface area contributed by atoms with Crippen LogP contribution in [-0.4, -0.2) is 23.3 Å². The SMILES string of the molecule is O=C(NCc1cccc(Oc2ccccc2)c1)c1cccc(CN2CCCC2=O)c1. The molecule has 0 atom stereocenters. The predicted octanol–water partition coefficient (Wildman–Crippen LogP) is 4.53. The van der Waals surface area contributed by atoms with Gasteiger partial charge >= 0.3 is 0 Å². The fourth-order valence-electron chi connectivity index (χ4n) is 3.53. The normalized spacial score (nSPS) is 13.3. The van der Waals surface area contributed by atoms with E-state index >= 15 is 0 Å². The molecule has 5 nitrogen and oxygen atoms in total. The van der Waals surface area contributed by atoms with E-state index in [4.69, 9.17) is 4.74 Å². The number of rotatable bonds is 7. The third kappa shape index (κ3) is 5.06. The summed E-state index contributed by atoms with van der Waals surface area (Å²) in [6.45, 7) is 1.75. The number of hydrogen-bond acceptors (Lipinski definition) is 3. The van der Waals surface area contributed by atoms with Crippen molar-refractivity contribution in [2.45, 2.75) is 25.9 Å². The first-order valence-corrected chi connectivity index (χ1v) is 10.1. The standard InChI is InChI=1S/C25H24N2O3/c28-24-13-6-14-27(24)18-20-8-4-9-21(15-20)25(29)26-17-19-7-5-12-23(16-19)30-22-10-2-1-3-11-22/h1-5,7-12,15-16H,6,13-14,17-18H2,(H,26,29). The molecule has 1 aliphatic rings. The van der Waals surface area contributed by atoms with Crippen molar-refractivity contribution in [2.24, 2.45) is 0 Å². The van der Waals surface area contributed by atoms with Gasteiger partial charge in [0.15, 0.2) is 0 Å². The maximum atomic E-state index is 12.6. The Bertz CT molecular complexity index is 1030.